The van der Waals surface area contributed by atoms with Crippen molar-refractivity contribution >= 4 is 23.4 Å². The number of hydrogen-bond donors (Lipinski definition) is 2. The predicted octanol–water partition coefficient (Wildman–Crippen LogP) is 4.74. The van der Waals surface area contributed by atoms with Gasteiger partial charge in [0.25, 0.3) is 5.91 Å². The lowest BCUT2D eigenvalue weighted by atomic mass is 9.73. The number of halogens is 1. The molecule has 7 nitrogen and oxygen atoms in total. The number of rotatable bonds is 4. The van der Waals surface area contributed by atoms with Crippen LogP contribution in [-0.4, -0.2) is 77.1 Å². The molecule has 2 N–H and O–H groups in total. The van der Waals surface area contributed by atoms with Crippen molar-refractivity contribution in [2.45, 2.75) is 109 Å². The fourth-order valence-electron chi connectivity index (χ4n) is 7.69. The van der Waals surface area contributed by atoms with Gasteiger partial charge in [-0.2, -0.15) is 0 Å². The van der Waals surface area contributed by atoms with E-state index in [-0.39, 0.29) is 36.0 Å². The van der Waals surface area contributed by atoms with Crippen LogP contribution in [0.3, 0.4) is 0 Å². The van der Waals surface area contributed by atoms with Gasteiger partial charge >= 0.3 is 0 Å². The minimum absolute atomic E-state index is 0.00405. The summed E-state index contributed by atoms with van der Waals surface area (Å²) in [7, 11) is 0. The van der Waals surface area contributed by atoms with E-state index in [0.717, 1.165) is 25.3 Å². The minimum atomic E-state index is -0.833. The second-order valence-corrected chi connectivity index (χ2v) is 13.2. The highest BCUT2D eigenvalue weighted by Gasteiger charge is 2.58. The van der Waals surface area contributed by atoms with Gasteiger partial charge in [0.05, 0.1) is 6.17 Å². The highest BCUT2D eigenvalue weighted by Crippen LogP contribution is 2.43. The minimum Gasteiger partial charge on any atom is -0.329 e. The molecule has 39 heavy (non-hydrogen) atoms. The van der Waals surface area contributed by atoms with Crippen molar-refractivity contribution in [3.63, 3.8) is 0 Å². The van der Waals surface area contributed by atoms with E-state index >= 15 is 0 Å². The van der Waals surface area contributed by atoms with Gasteiger partial charge < -0.3 is 15.1 Å². The second-order valence-electron chi connectivity index (χ2n) is 12.8. The van der Waals surface area contributed by atoms with Gasteiger partial charge in [-0.05, 0) is 50.8 Å². The Morgan fingerprint density at radius 2 is 1.59 bits per heavy atom. The van der Waals surface area contributed by atoms with E-state index in [1.807, 2.05) is 47.9 Å². The molecule has 0 bridgehead atoms. The van der Waals surface area contributed by atoms with Crippen LogP contribution in [0.15, 0.2) is 24.3 Å². The Hall–Kier alpha value is -1.67. The van der Waals surface area contributed by atoms with Crippen LogP contribution in [-0.2, 0) is 16.1 Å². The SMILES string of the molecule is CC(C)N1CC(=O)N(Cc2ccc(Cl)cc2)C2(CCN(C3NCNCC34CCCCCCCCCC4)C2)C1=O. The lowest BCUT2D eigenvalue weighted by molar-refractivity contribution is -0.167. The fourth-order valence-corrected chi connectivity index (χ4v) is 7.82. The van der Waals surface area contributed by atoms with Gasteiger partial charge in [-0.15, -0.1) is 0 Å². The molecule has 2 amide bonds. The Bertz CT molecular complexity index is 989. The lowest BCUT2D eigenvalue weighted by Gasteiger charge is -2.51. The average molecular weight is 558 g/mol. The van der Waals surface area contributed by atoms with E-state index in [1.165, 1.54) is 64.2 Å². The number of nitrogens with zero attached hydrogens (tertiary/aromatic N) is 3. The summed E-state index contributed by atoms with van der Waals surface area (Å²) in [4.78, 5) is 34.2. The van der Waals surface area contributed by atoms with Crippen molar-refractivity contribution in [2.24, 2.45) is 5.41 Å². The predicted molar refractivity (Wildman–Crippen MR) is 156 cm³/mol. The number of piperazine rings is 1. The molecule has 216 valence electrons. The van der Waals surface area contributed by atoms with E-state index in [1.54, 1.807) is 0 Å². The number of carbonyl (C=O) groups is 2. The molecule has 0 radical (unpaired) electrons. The van der Waals surface area contributed by atoms with Crippen LogP contribution in [0.1, 0.15) is 90.0 Å². The Kier molecular flexibility index (Phi) is 9.21. The lowest BCUT2D eigenvalue weighted by Crippen LogP contribution is -2.71. The van der Waals surface area contributed by atoms with E-state index in [2.05, 4.69) is 15.5 Å². The summed E-state index contributed by atoms with van der Waals surface area (Å²) < 4.78 is 0. The summed E-state index contributed by atoms with van der Waals surface area (Å²) in [5, 5.41) is 8.19. The van der Waals surface area contributed by atoms with E-state index in [9.17, 15) is 9.59 Å². The van der Waals surface area contributed by atoms with Crippen LogP contribution in [0.2, 0.25) is 5.02 Å². The molecule has 3 heterocycles. The van der Waals surface area contributed by atoms with Gasteiger partial charge in [0, 0.05) is 49.3 Å². The summed E-state index contributed by atoms with van der Waals surface area (Å²) in [6, 6.07) is 7.68. The Morgan fingerprint density at radius 3 is 2.23 bits per heavy atom. The van der Waals surface area contributed by atoms with Gasteiger partial charge in [0.2, 0.25) is 5.91 Å². The maximum atomic E-state index is 14.3. The van der Waals surface area contributed by atoms with Gasteiger partial charge in [-0.3, -0.25) is 19.8 Å². The molecule has 1 saturated carbocycles. The third-order valence-corrected chi connectivity index (χ3v) is 10.1. The Labute approximate surface area is 240 Å². The first-order chi connectivity index (χ1) is 18.8. The van der Waals surface area contributed by atoms with E-state index < -0.39 is 5.54 Å². The first-order valence-corrected chi connectivity index (χ1v) is 15.8. The smallest absolute Gasteiger partial charge is 0.250 e. The van der Waals surface area contributed by atoms with Crippen molar-refractivity contribution in [1.82, 2.24) is 25.3 Å². The zero-order valence-electron chi connectivity index (χ0n) is 24.0. The summed E-state index contributed by atoms with van der Waals surface area (Å²) in [5.74, 6) is 0.155. The first-order valence-electron chi connectivity index (χ1n) is 15.4. The molecule has 5 rings (SSSR count). The monoisotopic (exact) mass is 557 g/mol. The standard InChI is InChI=1S/C31H48ClN5O2/c1-24(2)36-20-27(38)37(19-25-11-13-26(32)14-12-25)31(29(36)39)17-18-35(22-31)28-30(21-33-23-34-28)15-9-7-5-3-4-6-8-10-16-30/h11-14,24,28,33-34H,3-10,15-23H2,1-2H3. The number of carbonyl (C=O) groups excluding carboxylic acids is 2. The molecule has 1 aromatic rings. The highest BCUT2D eigenvalue weighted by atomic mass is 35.5. The third kappa shape index (κ3) is 6.02. The summed E-state index contributed by atoms with van der Waals surface area (Å²) in [5.41, 5.74) is 0.325. The number of nitrogens with one attached hydrogen (secondary N) is 2. The number of benzene rings is 1. The first kappa shape index (κ1) is 28.8. The van der Waals surface area contributed by atoms with E-state index in [0.29, 0.717) is 24.5 Å². The largest absolute Gasteiger partial charge is 0.329 e. The average Bonchev–Trinajstić information content (AvgIpc) is 3.34. The van der Waals surface area contributed by atoms with Crippen molar-refractivity contribution in [3.05, 3.63) is 34.9 Å². The topological polar surface area (TPSA) is 67.9 Å². The highest BCUT2D eigenvalue weighted by molar-refractivity contribution is 6.30. The fraction of sp³-hybridized carbons (Fsp3) is 0.742. The summed E-state index contributed by atoms with van der Waals surface area (Å²) >= 11 is 6.15. The molecule has 4 aliphatic rings. The Balaban J connectivity index is 1.43. The summed E-state index contributed by atoms with van der Waals surface area (Å²) in [6.07, 6.45) is 13.9. The van der Waals surface area contributed by atoms with Crippen molar-refractivity contribution < 1.29 is 9.59 Å². The van der Waals surface area contributed by atoms with Crippen LogP contribution in [0.4, 0.5) is 0 Å². The van der Waals surface area contributed by atoms with Gasteiger partial charge in [0.1, 0.15) is 12.1 Å². The summed E-state index contributed by atoms with van der Waals surface area (Å²) in [6.45, 7) is 7.85. The number of amides is 2. The maximum Gasteiger partial charge on any atom is 0.250 e. The van der Waals surface area contributed by atoms with Crippen LogP contribution < -0.4 is 10.6 Å². The molecule has 3 saturated heterocycles. The molecule has 2 spiro atoms. The van der Waals surface area contributed by atoms with Crippen LogP contribution in [0, 0.1) is 5.41 Å². The molecule has 1 aromatic carbocycles. The Morgan fingerprint density at radius 1 is 0.949 bits per heavy atom. The maximum absolute atomic E-state index is 14.3. The quantitative estimate of drug-likeness (QED) is 0.559. The molecule has 1 aliphatic carbocycles. The molecule has 3 aliphatic heterocycles. The molecular weight excluding hydrogens is 510 g/mol. The third-order valence-electron chi connectivity index (χ3n) is 9.88. The van der Waals surface area contributed by atoms with Crippen molar-refractivity contribution in [2.75, 3.05) is 32.8 Å². The van der Waals surface area contributed by atoms with Crippen molar-refractivity contribution in [3.8, 4) is 0 Å². The molecule has 4 fully saturated rings. The van der Waals surface area contributed by atoms with E-state index in [4.69, 9.17) is 11.6 Å². The molecular formula is C31H48ClN5O2. The molecule has 2 atom stereocenters. The van der Waals surface area contributed by atoms with Crippen molar-refractivity contribution in [1.29, 1.82) is 0 Å². The van der Waals surface area contributed by atoms with Gasteiger partial charge in [-0.1, -0.05) is 75.1 Å². The second kappa shape index (κ2) is 12.5. The normalized spacial score (nSPS) is 29.4. The van der Waals surface area contributed by atoms with Crippen LogP contribution >= 0.6 is 11.6 Å². The zero-order chi connectivity index (χ0) is 27.5. The number of hydrogen-bond acceptors (Lipinski definition) is 5. The van der Waals surface area contributed by atoms with Gasteiger partial charge in [0.15, 0.2) is 0 Å². The zero-order valence-corrected chi connectivity index (χ0v) is 24.8. The molecule has 0 aromatic heterocycles. The van der Waals surface area contributed by atoms with Gasteiger partial charge in [-0.25, -0.2) is 0 Å². The molecule has 2 unspecified atom stereocenters. The molecule has 8 heteroatoms. The van der Waals surface area contributed by atoms with Crippen LogP contribution in [0.5, 0.6) is 0 Å². The van der Waals surface area contributed by atoms with Crippen LogP contribution in [0.25, 0.3) is 0 Å². The number of likely N-dealkylation sites (tertiary alicyclic amines) is 1.